The van der Waals surface area contributed by atoms with E-state index in [2.05, 4.69) is 46.3 Å². The van der Waals surface area contributed by atoms with Crippen molar-refractivity contribution in [3.8, 4) is 23.1 Å². The van der Waals surface area contributed by atoms with Crippen molar-refractivity contribution >= 4 is 28.2 Å². The van der Waals surface area contributed by atoms with Crippen LogP contribution < -0.4 is 10.1 Å². The fourth-order valence-electron chi connectivity index (χ4n) is 6.94. The molecule has 0 atom stereocenters. The van der Waals surface area contributed by atoms with Crippen LogP contribution in [0.25, 0.3) is 22.2 Å². The zero-order chi connectivity index (χ0) is 28.1. The van der Waals surface area contributed by atoms with Crippen molar-refractivity contribution in [2.75, 3.05) is 6.61 Å². The standard InChI is InChI=1S/C35H34N4O2/c1-35(2,31-20-25-18-22(21-36)12-15-28(25)37-31)38-34(40)24-13-14-26-29(19-24)39-16-17-41-30-11-7-6-10-27(30)33(39)32(26)23-8-4-3-5-9-23/h6-7,10-15,18-19,23H,3-5,8-9,16-17,20H2,1-2H3,(H,38,40). The molecule has 3 heterocycles. The van der Waals surface area contributed by atoms with E-state index >= 15 is 0 Å². The molecule has 6 heteroatoms. The van der Waals surface area contributed by atoms with Crippen molar-refractivity contribution in [2.45, 2.75) is 70.4 Å². The summed E-state index contributed by atoms with van der Waals surface area (Å²) in [5.74, 6) is 1.33. The number of hydrogen-bond donors (Lipinski definition) is 1. The Balaban J connectivity index is 1.25. The Morgan fingerprint density at radius 2 is 1.90 bits per heavy atom. The van der Waals surface area contributed by atoms with E-state index in [9.17, 15) is 10.1 Å². The van der Waals surface area contributed by atoms with Crippen LogP contribution in [-0.2, 0) is 13.0 Å². The minimum absolute atomic E-state index is 0.117. The molecular formula is C35H34N4O2. The fourth-order valence-corrected chi connectivity index (χ4v) is 6.94. The van der Waals surface area contributed by atoms with Crippen molar-refractivity contribution in [3.05, 3.63) is 82.9 Å². The normalized spacial score (nSPS) is 16.6. The first-order valence-corrected chi connectivity index (χ1v) is 14.7. The van der Waals surface area contributed by atoms with Crippen molar-refractivity contribution in [1.82, 2.24) is 9.88 Å². The van der Waals surface area contributed by atoms with Crippen LogP contribution in [0.4, 0.5) is 5.69 Å². The molecule has 0 bridgehead atoms. The molecule has 4 aromatic rings. The van der Waals surface area contributed by atoms with E-state index in [4.69, 9.17) is 9.73 Å². The number of carbonyl (C=O) groups excluding carboxylic acids is 1. The molecule has 1 fully saturated rings. The molecule has 7 rings (SSSR count). The Hall–Kier alpha value is -4.37. The number of para-hydroxylation sites is 1. The highest BCUT2D eigenvalue weighted by atomic mass is 16.5. The molecule has 3 aliphatic rings. The summed E-state index contributed by atoms with van der Waals surface area (Å²) in [4.78, 5) is 18.5. The van der Waals surface area contributed by atoms with Crippen LogP contribution in [0.3, 0.4) is 0 Å². The van der Waals surface area contributed by atoms with Crippen molar-refractivity contribution in [1.29, 1.82) is 5.26 Å². The van der Waals surface area contributed by atoms with Gasteiger partial charge in [-0.15, -0.1) is 0 Å². The van der Waals surface area contributed by atoms with Gasteiger partial charge in [-0.3, -0.25) is 9.79 Å². The average molecular weight is 543 g/mol. The molecule has 1 aliphatic carbocycles. The molecule has 2 aliphatic heterocycles. The van der Waals surface area contributed by atoms with Crippen molar-refractivity contribution in [3.63, 3.8) is 0 Å². The summed E-state index contributed by atoms with van der Waals surface area (Å²) in [5.41, 5.74) is 8.33. The molecule has 1 saturated carbocycles. The molecule has 1 aromatic heterocycles. The topological polar surface area (TPSA) is 79.4 Å². The monoisotopic (exact) mass is 542 g/mol. The van der Waals surface area contributed by atoms with E-state index in [-0.39, 0.29) is 5.91 Å². The molecule has 0 unspecified atom stereocenters. The maximum Gasteiger partial charge on any atom is 0.252 e. The zero-order valence-electron chi connectivity index (χ0n) is 23.7. The average Bonchev–Trinajstić information content (AvgIpc) is 3.51. The third-order valence-electron chi connectivity index (χ3n) is 9.06. The largest absolute Gasteiger partial charge is 0.491 e. The van der Waals surface area contributed by atoms with Crippen LogP contribution in [0.1, 0.15) is 78.9 Å². The van der Waals surface area contributed by atoms with Gasteiger partial charge in [0.05, 0.1) is 35.1 Å². The van der Waals surface area contributed by atoms with E-state index in [0.717, 1.165) is 40.3 Å². The number of aromatic nitrogens is 1. The van der Waals surface area contributed by atoms with E-state index < -0.39 is 5.54 Å². The summed E-state index contributed by atoms with van der Waals surface area (Å²) in [7, 11) is 0. The van der Waals surface area contributed by atoms with E-state index in [1.807, 2.05) is 38.1 Å². The molecule has 6 nitrogen and oxygen atoms in total. The number of nitrogens with zero attached hydrogens (tertiary/aromatic N) is 3. The molecule has 0 saturated heterocycles. The molecule has 0 radical (unpaired) electrons. The number of nitriles is 1. The van der Waals surface area contributed by atoms with E-state index in [0.29, 0.717) is 30.1 Å². The summed E-state index contributed by atoms with van der Waals surface area (Å²) >= 11 is 0. The van der Waals surface area contributed by atoms with Crippen LogP contribution in [0.15, 0.2) is 65.7 Å². The molecule has 3 aromatic carbocycles. The number of ether oxygens (including phenoxy) is 1. The van der Waals surface area contributed by atoms with Gasteiger partial charge in [-0.05, 0) is 86.2 Å². The van der Waals surface area contributed by atoms with Crippen LogP contribution in [0.2, 0.25) is 0 Å². The van der Waals surface area contributed by atoms with Gasteiger partial charge in [0.15, 0.2) is 0 Å². The number of amides is 1. The first kappa shape index (κ1) is 25.6. The highest BCUT2D eigenvalue weighted by Gasteiger charge is 2.33. The summed E-state index contributed by atoms with van der Waals surface area (Å²) in [6.45, 7) is 5.33. The second kappa shape index (κ2) is 9.92. The summed E-state index contributed by atoms with van der Waals surface area (Å²) in [6.07, 6.45) is 6.84. The van der Waals surface area contributed by atoms with Crippen LogP contribution in [-0.4, -0.2) is 28.3 Å². The van der Waals surface area contributed by atoms with Gasteiger partial charge in [0.25, 0.3) is 5.91 Å². The van der Waals surface area contributed by atoms with Gasteiger partial charge in [-0.1, -0.05) is 37.5 Å². The summed E-state index contributed by atoms with van der Waals surface area (Å²) < 4.78 is 8.58. The second-order valence-electron chi connectivity index (χ2n) is 12.1. The van der Waals surface area contributed by atoms with Crippen LogP contribution in [0.5, 0.6) is 5.75 Å². The number of benzene rings is 3. The third-order valence-corrected chi connectivity index (χ3v) is 9.06. The van der Waals surface area contributed by atoms with Gasteiger partial charge in [0, 0.05) is 34.2 Å². The van der Waals surface area contributed by atoms with Gasteiger partial charge in [-0.2, -0.15) is 5.26 Å². The van der Waals surface area contributed by atoms with Gasteiger partial charge >= 0.3 is 0 Å². The first-order chi connectivity index (χ1) is 19.9. The highest BCUT2D eigenvalue weighted by Crippen LogP contribution is 2.47. The quantitative estimate of drug-likeness (QED) is 0.291. The summed E-state index contributed by atoms with van der Waals surface area (Å²) in [5, 5.41) is 13.8. The van der Waals surface area contributed by atoms with E-state index in [1.54, 1.807) is 6.07 Å². The number of fused-ring (bicyclic) bond motifs is 6. The molecule has 1 amide bonds. The minimum Gasteiger partial charge on any atom is -0.491 e. The molecule has 41 heavy (non-hydrogen) atoms. The Morgan fingerprint density at radius 1 is 1.07 bits per heavy atom. The minimum atomic E-state index is -0.645. The van der Waals surface area contributed by atoms with Gasteiger partial charge in [-0.25, -0.2) is 0 Å². The number of carbonyl (C=O) groups is 1. The third kappa shape index (κ3) is 4.41. The van der Waals surface area contributed by atoms with Gasteiger partial charge < -0.3 is 14.6 Å². The Morgan fingerprint density at radius 3 is 2.73 bits per heavy atom. The summed E-state index contributed by atoms with van der Waals surface area (Å²) in [6, 6.07) is 22.3. The maximum absolute atomic E-state index is 13.7. The zero-order valence-corrected chi connectivity index (χ0v) is 23.7. The molecule has 206 valence electrons. The fraction of sp³-hybridized carbons (Fsp3) is 0.343. The van der Waals surface area contributed by atoms with Gasteiger partial charge in [0.1, 0.15) is 12.4 Å². The van der Waals surface area contributed by atoms with Crippen molar-refractivity contribution < 1.29 is 9.53 Å². The lowest BCUT2D eigenvalue weighted by Gasteiger charge is -2.26. The van der Waals surface area contributed by atoms with Crippen LogP contribution in [0, 0.1) is 11.3 Å². The number of hydrogen-bond acceptors (Lipinski definition) is 4. The number of aliphatic imine (C=N–C) groups is 1. The van der Waals surface area contributed by atoms with Gasteiger partial charge in [0.2, 0.25) is 0 Å². The van der Waals surface area contributed by atoms with E-state index in [1.165, 1.54) is 48.7 Å². The van der Waals surface area contributed by atoms with Crippen molar-refractivity contribution in [2.24, 2.45) is 4.99 Å². The highest BCUT2D eigenvalue weighted by molar-refractivity contribution is 6.06. The maximum atomic E-state index is 13.7. The predicted octanol–water partition coefficient (Wildman–Crippen LogP) is 7.46. The Bertz CT molecular complexity index is 1760. The van der Waals surface area contributed by atoms with Crippen LogP contribution >= 0.6 is 0 Å². The second-order valence-corrected chi connectivity index (χ2v) is 12.1. The predicted molar refractivity (Wildman–Crippen MR) is 162 cm³/mol. The first-order valence-electron chi connectivity index (χ1n) is 14.7. The lowest BCUT2D eigenvalue weighted by atomic mass is 9.81. The molecule has 1 N–H and O–H groups in total. The number of nitrogens with one attached hydrogen (secondary N) is 1. The smallest absolute Gasteiger partial charge is 0.252 e. The lowest BCUT2D eigenvalue weighted by molar-refractivity contribution is 0.0931. The molecule has 0 spiro atoms. The Labute approximate surface area is 240 Å². The Kier molecular flexibility index (Phi) is 6.19. The lowest BCUT2D eigenvalue weighted by Crippen LogP contribution is -2.49. The number of rotatable bonds is 4. The molecular weight excluding hydrogens is 508 g/mol. The SMILES string of the molecule is CC(C)(NC(=O)c1ccc2c(C3CCCCC3)c3n(c2c1)CCOc1ccccc1-3)C1=Nc2ccc(C#N)cc2C1.